The largest absolute Gasteiger partial charge is 0.378 e. The van der Waals surface area contributed by atoms with Crippen molar-refractivity contribution in [2.24, 2.45) is 0 Å². The van der Waals surface area contributed by atoms with Crippen molar-refractivity contribution in [3.8, 4) is 11.3 Å². The van der Waals surface area contributed by atoms with Crippen LogP contribution in [0.4, 0.5) is 5.69 Å². The van der Waals surface area contributed by atoms with Crippen LogP contribution in [0, 0.1) is 6.92 Å². The smallest absolute Gasteiger partial charge is 0.208 e. The van der Waals surface area contributed by atoms with E-state index >= 15 is 0 Å². The molecule has 0 aliphatic carbocycles. The minimum atomic E-state index is 0.697. The van der Waals surface area contributed by atoms with E-state index in [-0.39, 0.29) is 0 Å². The molecule has 2 aromatic carbocycles. The van der Waals surface area contributed by atoms with Gasteiger partial charge in [0.05, 0.1) is 11.4 Å². The van der Waals surface area contributed by atoms with Crippen LogP contribution in [0.1, 0.15) is 11.3 Å². The van der Waals surface area contributed by atoms with Crippen LogP contribution < -0.4 is 5.32 Å². The predicted octanol–water partition coefficient (Wildman–Crippen LogP) is 4.81. The van der Waals surface area contributed by atoms with Gasteiger partial charge in [0.1, 0.15) is 11.2 Å². The summed E-state index contributed by atoms with van der Waals surface area (Å²) in [6, 6.07) is 22.4. The SMILES string of the molecule is Cc1noc2c(NCc3ccccc3)cc(-c3ccccc3)nc12. The Kier molecular flexibility index (Phi) is 3.71. The van der Waals surface area contributed by atoms with Gasteiger partial charge in [0.25, 0.3) is 0 Å². The molecule has 0 unspecified atom stereocenters. The Bertz CT molecular complexity index is 962. The van der Waals surface area contributed by atoms with Crippen molar-refractivity contribution in [1.82, 2.24) is 10.1 Å². The second-order valence-electron chi connectivity index (χ2n) is 5.71. The van der Waals surface area contributed by atoms with E-state index in [1.807, 2.05) is 49.4 Å². The maximum atomic E-state index is 5.48. The standard InChI is InChI=1S/C20H17N3O/c1-14-19-20(24-23-14)18(21-13-15-8-4-2-5-9-15)12-17(22-19)16-10-6-3-7-11-16/h2-12H,13H2,1H3,(H,21,22). The maximum absolute atomic E-state index is 5.48. The Morgan fingerprint density at radius 2 is 1.67 bits per heavy atom. The summed E-state index contributed by atoms with van der Waals surface area (Å²) in [5.74, 6) is 0. The average Bonchev–Trinajstić information content (AvgIpc) is 3.02. The molecule has 2 aromatic heterocycles. The van der Waals surface area contributed by atoms with E-state index in [9.17, 15) is 0 Å². The quantitative estimate of drug-likeness (QED) is 0.587. The normalized spacial score (nSPS) is 10.9. The highest BCUT2D eigenvalue weighted by Crippen LogP contribution is 2.30. The zero-order valence-electron chi connectivity index (χ0n) is 13.4. The van der Waals surface area contributed by atoms with Crippen molar-refractivity contribution in [3.63, 3.8) is 0 Å². The molecular formula is C20H17N3O. The molecule has 0 amide bonds. The predicted molar refractivity (Wildman–Crippen MR) is 95.7 cm³/mol. The Labute approximate surface area is 140 Å². The lowest BCUT2D eigenvalue weighted by atomic mass is 10.1. The van der Waals surface area contributed by atoms with E-state index in [0.717, 1.165) is 28.2 Å². The number of aryl methyl sites for hydroxylation is 1. The lowest BCUT2D eigenvalue weighted by molar-refractivity contribution is 0.451. The van der Waals surface area contributed by atoms with Gasteiger partial charge < -0.3 is 9.84 Å². The van der Waals surface area contributed by atoms with Gasteiger partial charge >= 0.3 is 0 Å². The summed E-state index contributed by atoms with van der Waals surface area (Å²) < 4.78 is 5.48. The number of rotatable bonds is 4. The first-order chi connectivity index (χ1) is 11.8. The zero-order valence-corrected chi connectivity index (χ0v) is 13.4. The molecule has 4 nitrogen and oxygen atoms in total. The molecule has 4 heteroatoms. The van der Waals surface area contributed by atoms with Crippen LogP contribution in [0.25, 0.3) is 22.4 Å². The third-order valence-electron chi connectivity index (χ3n) is 3.98. The second kappa shape index (κ2) is 6.16. The molecular weight excluding hydrogens is 298 g/mol. The van der Waals surface area contributed by atoms with Crippen LogP contribution in [0.5, 0.6) is 0 Å². The number of hydrogen-bond donors (Lipinski definition) is 1. The molecule has 0 atom stereocenters. The summed E-state index contributed by atoms with van der Waals surface area (Å²) in [4.78, 5) is 4.72. The van der Waals surface area contributed by atoms with Gasteiger partial charge in [-0.15, -0.1) is 0 Å². The fourth-order valence-electron chi connectivity index (χ4n) is 2.71. The van der Waals surface area contributed by atoms with Gasteiger partial charge in [-0.25, -0.2) is 4.98 Å². The van der Waals surface area contributed by atoms with E-state index < -0.39 is 0 Å². The van der Waals surface area contributed by atoms with Gasteiger partial charge in [-0.1, -0.05) is 65.8 Å². The topological polar surface area (TPSA) is 51.0 Å². The third-order valence-corrected chi connectivity index (χ3v) is 3.98. The minimum Gasteiger partial charge on any atom is -0.378 e. The van der Waals surface area contributed by atoms with Crippen molar-refractivity contribution in [3.05, 3.63) is 78.0 Å². The second-order valence-corrected chi connectivity index (χ2v) is 5.71. The molecule has 4 rings (SSSR count). The van der Waals surface area contributed by atoms with Gasteiger partial charge in [0.15, 0.2) is 0 Å². The van der Waals surface area contributed by atoms with Crippen LogP contribution in [0.2, 0.25) is 0 Å². The van der Waals surface area contributed by atoms with E-state index in [1.165, 1.54) is 5.56 Å². The molecule has 0 fully saturated rings. The summed E-state index contributed by atoms with van der Waals surface area (Å²) in [5, 5.41) is 7.52. The first-order valence-electron chi connectivity index (χ1n) is 7.91. The maximum Gasteiger partial charge on any atom is 0.208 e. The fourth-order valence-corrected chi connectivity index (χ4v) is 2.71. The van der Waals surface area contributed by atoms with Crippen molar-refractivity contribution >= 4 is 16.8 Å². The number of nitrogens with one attached hydrogen (secondary N) is 1. The highest BCUT2D eigenvalue weighted by atomic mass is 16.5. The molecule has 2 heterocycles. The highest BCUT2D eigenvalue weighted by Gasteiger charge is 2.14. The lowest BCUT2D eigenvalue weighted by Crippen LogP contribution is -2.00. The average molecular weight is 315 g/mol. The summed E-state index contributed by atoms with van der Waals surface area (Å²) in [6.07, 6.45) is 0. The minimum absolute atomic E-state index is 0.697. The first kappa shape index (κ1) is 14.5. The summed E-state index contributed by atoms with van der Waals surface area (Å²) >= 11 is 0. The molecule has 0 spiro atoms. The monoisotopic (exact) mass is 315 g/mol. The summed E-state index contributed by atoms with van der Waals surface area (Å²) in [7, 11) is 0. The molecule has 0 bridgehead atoms. The highest BCUT2D eigenvalue weighted by molar-refractivity contribution is 5.90. The lowest BCUT2D eigenvalue weighted by Gasteiger charge is -2.09. The number of fused-ring (bicyclic) bond motifs is 1. The van der Waals surface area contributed by atoms with Gasteiger partial charge in [-0.05, 0) is 18.6 Å². The molecule has 0 radical (unpaired) electrons. The molecule has 0 aliphatic rings. The van der Waals surface area contributed by atoms with Crippen LogP contribution >= 0.6 is 0 Å². The first-order valence-corrected chi connectivity index (χ1v) is 7.91. The molecule has 0 saturated carbocycles. The van der Waals surface area contributed by atoms with E-state index in [0.29, 0.717) is 12.1 Å². The molecule has 0 saturated heterocycles. The van der Waals surface area contributed by atoms with Crippen molar-refractivity contribution in [2.75, 3.05) is 5.32 Å². The van der Waals surface area contributed by atoms with Crippen molar-refractivity contribution in [1.29, 1.82) is 0 Å². The molecule has 4 aromatic rings. The van der Waals surface area contributed by atoms with Crippen LogP contribution in [-0.2, 0) is 6.54 Å². The molecule has 24 heavy (non-hydrogen) atoms. The van der Waals surface area contributed by atoms with Crippen molar-refractivity contribution < 1.29 is 4.52 Å². The van der Waals surface area contributed by atoms with E-state index in [4.69, 9.17) is 9.51 Å². The molecule has 118 valence electrons. The number of aromatic nitrogens is 2. The number of benzene rings is 2. The van der Waals surface area contributed by atoms with Crippen LogP contribution in [0.3, 0.4) is 0 Å². The van der Waals surface area contributed by atoms with E-state index in [1.54, 1.807) is 0 Å². The van der Waals surface area contributed by atoms with E-state index in [2.05, 4.69) is 34.7 Å². The van der Waals surface area contributed by atoms with Gasteiger partial charge in [0, 0.05) is 12.1 Å². The molecule has 1 N–H and O–H groups in total. The summed E-state index contributed by atoms with van der Waals surface area (Å²) in [6.45, 7) is 2.63. The Morgan fingerprint density at radius 3 is 2.42 bits per heavy atom. The number of nitrogens with zero attached hydrogens (tertiary/aromatic N) is 2. The number of anilines is 1. The third kappa shape index (κ3) is 2.74. The number of hydrogen-bond acceptors (Lipinski definition) is 4. The van der Waals surface area contributed by atoms with Crippen LogP contribution in [-0.4, -0.2) is 10.1 Å². The zero-order chi connectivity index (χ0) is 16.4. The Hall–Kier alpha value is -3.14. The molecule has 0 aliphatic heterocycles. The Balaban J connectivity index is 1.76. The van der Waals surface area contributed by atoms with Gasteiger partial charge in [-0.2, -0.15) is 0 Å². The van der Waals surface area contributed by atoms with Crippen molar-refractivity contribution in [2.45, 2.75) is 13.5 Å². The van der Waals surface area contributed by atoms with Gasteiger partial charge in [-0.3, -0.25) is 0 Å². The van der Waals surface area contributed by atoms with Crippen LogP contribution in [0.15, 0.2) is 71.3 Å². The summed E-state index contributed by atoms with van der Waals surface area (Å²) in [5.41, 5.74) is 6.39. The fraction of sp³-hybridized carbons (Fsp3) is 0.100. The Morgan fingerprint density at radius 1 is 0.958 bits per heavy atom. The number of pyridine rings is 1. The van der Waals surface area contributed by atoms with Gasteiger partial charge in [0.2, 0.25) is 5.58 Å².